The van der Waals surface area contributed by atoms with Gasteiger partial charge in [0.05, 0.1) is 12.3 Å². The number of aryl methyl sites for hydroxylation is 4. The summed E-state index contributed by atoms with van der Waals surface area (Å²) in [5, 5.41) is 8.15. The number of rotatable bonds is 13. The second kappa shape index (κ2) is 16.6. The Balaban J connectivity index is 1.21. The Bertz CT molecular complexity index is 2240. The molecule has 1 aliphatic carbocycles. The summed E-state index contributed by atoms with van der Waals surface area (Å²) < 4.78 is 42.8. The van der Waals surface area contributed by atoms with Crippen molar-refractivity contribution in [2.75, 3.05) is 26.2 Å². The Labute approximate surface area is 333 Å². The largest absolute Gasteiger partial charge is 0.494 e. The van der Waals surface area contributed by atoms with Crippen molar-refractivity contribution in [3.63, 3.8) is 0 Å². The number of amides is 2. The van der Waals surface area contributed by atoms with Crippen molar-refractivity contribution in [1.82, 2.24) is 24.7 Å². The first-order valence-corrected chi connectivity index (χ1v) is 20.9. The van der Waals surface area contributed by atoms with Crippen molar-refractivity contribution in [2.24, 2.45) is 13.0 Å². The predicted molar refractivity (Wildman–Crippen MR) is 215 cm³/mol. The Hall–Kier alpha value is -4.10. The van der Waals surface area contributed by atoms with Gasteiger partial charge in [-0.3, -0.25) is 14.3 Å². The first-order chi connectivity index (χ1) is 26.0. The van der Waals surface area contributed by atoms with Crippen LogP contribution in [0.5, 0.6) is 5.75 Å². The molecule has 2 aliphatic rings. The van der Waals surface area contributed by atoms with E-state index in [1.807, 2.05) is 52.9 Å². The lowest BCUT2D eigenvalue weighted by Gasteiger charge is -2.34. The van der Waals surface area contributed by atoms with Gasteiger partial charge in [-0.15, -0.1) is 0 Å². The molecule has 2 N–H and O–H groups in total. The lowest BCUT2D eigenvalue weighted by Crippen LogP contribution is -2.41. The first kappa shape index (κ1) is 40.6. The Morgan fingerprint density at radius 2 is 1.69 bits per heavy atom. The molecule has 11 nitrogen and oxygen atoms in total. The van der Waals surface area contributed by atoms with Crippen LogP contribution in [0.3, 0.4) is 0 Å². The molecule has 294 valence electrons. The third kappa shape index (κ3) is 8.67. The number of likely N-dealkylation sites (tertiary alicyclic amines) is 1. The van der Waals surface area contributed by atoms with Gasteiger partial charge in [-0.05, 0) is 144 Å². The number of aromatic nitrogens is 2. The molecule has 0 radical (unpaired) electrons. The van der Waals surface area contributed by atoms with E-state index in [-0.39, 0.29) is 12.2 Å². The normalized spacial score (nSPS) is 15.2. The maximum absolute atomic E-state index is 14.1. The van der Waals surface area contributed by atoms with Crippen LogP contribution < -0.4 is 14.8 Å². The van der Waals surface area contributed by atoms with Crippen molar-refractivity contribution < 1.29 is 27.2 Å². The number of fused-ring (bicyclic) bond motifs is 1. The van der Waals surface area contributed by atoms with E-state index in [1.54, 1.807) is 10.7 Å². The topological polar surface area (TPSA) is 136 Å². The molecule has 14 heteroatoms. The van der Waals surface area contributed by atoms with E-state index in [2.05, 4.69) is 33.9 Å². The Kier molecular flexibility index (Phi) is 12.2. The van der Waals surface area contributed by atoms with Crippen molar-refractivity contribution in [3.8, 4) is 16.9 Å². The quantitative estimate of drug-likeness (QED) is 0.131. The average Bonchev–Trinajstić information content (AvgIpc) is 3.85. The molecule has 0 spiro atoms. The molecule has 1 aliphatic heterocycles. The standard InChI is InChI=1S/C41H49Cl2N5O6S/c1-23(2)48-16-14-28(15-17-48)22-44-41(50)35-12-13-36(54-35)55(51,52)46-40(49)33-21-32-31(10-11-34(42)38(32)37-26(5)45-47(7)27(37)6)30(33)9-8-18-53-29-19-24(3)39(43)25(4)20-29/h10-13,19-20,23,28H,8-9,14-18,21-22H2,1-7H3,(H,44,50)(H,46,49). The van der Waals surface area contributed by atoms with Gasteiger partial charge in [0.1, 0.15) is 5.75 Å². The van der Waals surface area contributed by atoms with E-state index in [0.29, 0.717) is 64.9 Å². The Morgan fingerprint density at radius 1 is 1.00 bits per heavy atom. The molecule has 1 saturated heterocycles. The van der Waals surface area contributed by atoms with E-state index >= 15 is 0 Å². The molecule has 0 saturated carbocycles. The number of furan rings is 1. The maximum Gasteiger partial charge on any atom is 0.297 e. The van der Waals surface area contributed by atoms with Gasteiger partial charge in [-0.1, -0.05) is 29.3 Å². The number of nitrogens with zero attached hydrogens (tertiary/aromatic N) is 3. The Morgan fingerprint density at radius 3 is 2.33 bits per heavy atom. The second-order valence-corrected chi connectivity index (χ2v) is 17.3. The summed E-state index contributed by atoms with van der Waals surface area (Å²) in [5.74, 6) is -0.416. The molecule has 55 heavy (non-hydrogen) atoms. The average molecular weight is 811 g/mol. The number of allylic oxidation sites excluding steroid dienone is 1. The summed E-state index contributed by atoms with van der Waals surface area (Å²) in [5.41, 5.74) is 7.79. The van der Waals surface area contributed by atoms with Gasteiger partial charge in [0.25, 0.3) is 21.8 Å². The van der Waals surface area contributed by atoms with Crippen LogP contribution in [0, 0.1) is 33.6 Å². The van der Waals surface area contributed by atoms with Crippen LogP contribution in [0.4, 0.5) is 0 Å². The number of halogens is 2. The lowest BCUT2D eigenvalue weighted by atomic mass is 9.93. The third-order valence-electron chi connectivity index (χ3n) is 10.8. The van der Waals surface area contributed by atoms with E-state index < -0.39 is 26.9 Å². The minimum atomic E-state index is -4.48. The minimum Gasteiger partial charge on any atom is -0.494 e. The van der Waals surface area contributed by atoms with Crippen LogP contribution in [0.1, 0.15) is 83.7 Å². The third-order valence-corrected chi connectivity index (χ3v) is 12.9. The molecule has 0 atom stereocenters. The number of hydrogen-bond donors (Lipinski definition) is 2. The zero-order valence-electron chi connectivity index (χ0n) is 32.4. The summed E-state index contributed by atoms with van der Waals surface area (Å²) in [4.78, 5) is 29.4. The van der Waals surface area contributed by atoms with Crippen LogP contribution >= 0.6 is 23.2 Å². The van der Waals surface area contributed by atoms with Crippen LogP contribution in [0.2, 0.25) is 10.0 Å². The monoisotopic (exact) mass is 809 g/mol. The number of hydrogen-bond acceptors (Lipinski definition) is 8. The van der Waals surface area contributed by atoms with Crippen molar-refractivity contribution >= 4 is 50.6 Å². The molecule has 3 heterocycles. The molecule has 0 unspecified atom stereocenters. The van der Waals surface area contributed by atoms with Gasteiger partial charge in [-0.2, -0.15) is 13.5 Å². The summed E-state index contributed by atoms with van der Waals surface area (Å²) in [6, 6.07) is 10.4. The highest BCUT2D eigenvalue weighted by atomic mass is 35.5. The van der Waals surface area contributed by atoms with Crippen molar-refractivity contribution in [1.29, 1.82) is 0 Å². The summed E-state index contributed by atoms with van der Waals surface area (Å²) in [7, 11) is -2.62. The molecule has 2 amide bonds. The van der Waals surface area contributed by atoms with Gasteiger partial charge >= 0.3 is 0 Å². The molecule has 0 bridgehead atoms. The molecule has 2 aromatic carbocycles. The van der Waals surface area contributed by atoms with E-state index in [9.17, 15) is 18.0 Å². The first-order valence-electron chi connectivity index (χ1n) is 18.7. The smallest absolute Gasteiger partial charge is 0.297 e. The van der Waals surface area contributed by atoms with Crippen molar-refractivity contribution in [3.05, 3.63) is 91.4 Å². The number of ether oxygens (including phenoxy) is 1. The van der Waals surface area contributed by atoms with Crippen LogP contribution in [0.25, 0.3) is 16.7 Å². The van der Waals surface area contributed by atoms with Gasteiger partial charge in [-0.25, -0.2) is 4.72 Å². The fourth-order valence-corrected chi connectivity index (χ4v) is 8.98. The molecule has 6 rings (SSSR count). The summed E-state index contributed by atoms with van der Waals surface area (Å²) >= 11 is 13.2. The number of sulfonamides is 1. The lowest BCUT2D eigenvalue weighted by molar-refractivity contribution is -0.115. The zero-order chi connectivity index (χ0) is 39.8. The molecular weight excluding hydrogens is 761 g/mol. The van der Waals surface area contributed by atoms with Crippen LogP contribution in [-0.4, -0.2) is 67.2 Å². The van der Waals surface area contributed by atoms with Crippen LogP contribution in [0.15, 0.2) is 51.5 Å². The van der Waals surface area contributed by atoms with Gasteiger partial charge in [0.2, 0.25) is 5.09 Å². The highest BCUT2D eigenvalue weighted by molar-refractivity contribution is 7.90. The summed E-state index contributed by atoms with van der Waals surface area (Å²) in [6.07, 6.45) is 3.04. The SMILES string of the molecule is Cc1cc(OCCCC2=C(C(=O)NS(=O)(=O)c3ccc(C(=O)NCC4CCN(C(C)C)CC4)o3)Cc3c2ccc(Cl)c3-c2c(C)nn(C)c2C)cc(C)c1Cl. The second-order valence-electron chi connectivity index (χ2n) is 14.9. The maximum atomic E-state index is 14.1. The number of benzene rings is 2. The minimum absolute atomic E-state index is 0.145. The predicted octanol–water partition coefficient (Wildman–Crippen LogP) is 7.74. The number of carbonyl (C=O) groups is 2. The van der Waals surface area contributed by atoms with E-state index in [0.717, 1.165) is 70.7 Å². The molecule has 2 aromatic heterocycles. The van der Waals surface area contributed by atoms with Gasteiger partial charge in [0, 0.05) is 58.5 Å². The molecule has 1 fully saturated rings. The number of nitrogens with one attached hydrogen (secondary N) is 2. The summed E-state index contributed by atoms with van der Waals surface area (Å²) in [6.45, 7) is 14.8. The fourth-order valence-electron chi connectivity index (χ4n) is 7.69. The van der Waals surface area contributed by atoms with E-state index in [1.165, 1.54) is 12.1 Å². The van der Waals surface area contributed by atoms with E-state index in [4.69, 9.17) is 32.4 Å². The number of carbonyl (C=O) groups excluding carboxylic acids is 2. The van der Waals surface area contributed by atoms with Gasteiger partial charge in [0.15, 0.2) is 5.76 Å². The van der Waals surface area contributed by atoms with Crippen molar-refractivity contribution in [2.45, 2.75) is 84.8 Å². The fraction of sp³-hybridized carbons (Fsp3) is 0.439. The molecule has 4 aromatic rings. The molecular formula is C41H49Cl2N5O6S. The van der Waals surface area contributed by atoms with Crippen LogP contribution in [-0.2, 0) is 28.3 Å². The number of piperidine rings is 1. The highest BCUT2D eigenvalue weighted by Crippen LogP contribution is 2.45. The zero-order valence-corrected chi connectivity index (χ0v) is 34.8. The highest BCUT2D eigenvalue weighted by Gasteiger charge is 2.34. The van der Waals surface area contributed by atoms with Gasteiger partial charge < -0.3 is 19.4 Å².